The summed E-state index contributed by atoms with van der Waals surface area (Å²) in [5, 5.41) is 4.31. The monoisotopic (exact) mass is 289 g/mol. The second kappa shape index (κ2) is 5.73. The van der Waals surface area contributed by atoms with Gasteiger partial charge in [0.1, 0.15) is 0 Å². The summed E-state index contributed by atoms with van der Waals surface area (Å²) in [6.07, 6.45) is 3.35. The van der Waals surface area contributed by atoms with Crippen LogP contribution in [0, 0.1) is 0 Å². The Bertz CT molecular complexity index is 618. The molecule has 1 atom stereocenters. The van der Waals surface area contributed by atoms with E-state index in [1.807, 2.05) is 24.9 Å². The van der Waals surface area contributed by atoms with E-state index in [4.69, 9.17) is 9.15 Å². The first-order chi connectivity index (χ1) is 10.2. The standard InChI is InChI=1S/C15H19N3O3/c1-3-20-10-12-9-18(15(19)13-5-4-6-21-13)8-11-7-16-17(2)14(11)12/h4-7,12H,3,8-10H2,1-2H3/t12-/m1/s1. The second-order valence-corrected chi connectivity index (χ2v) is 5.20. The van der Waals surface area contributed by atoms with Gasteiger partial charge in [-0.3, -0.25) is 9.48 Å². The summed E-state index contributed by atoms with van der Waals surface area (Å²) in [6, 6.07) is 3.42. The molecule has 0 fully saturated rings. The van der Waals surface area contributed by atoms with E-state index in [0.717, 1.165) is 11.3 Å². The lowest BCUT2D eigenvalue weighted by atomic mass is 9.96. The number of carbonyl (C=O) groups is 1. The van der Waals surface area contributed by atoms with Gasteiger partial charge in [-0.05, 0) is 19.1 Å². The van der Waals surface area contributed by atoms with Gasteiger partial charge >= 0.3 is 0 Å². The fourth-order valence-electron chi connectivity index (χ4n) is 2.87. The van der Waals surface area contributed by atoms with Crippen LogP contribution in [0.1, 0.15) is 34.7 Å². The highest BCUT2D eigenvalue weighted by Gasteiger charge is 2.32. The Kier molecular flexibility index (Phi) is 3.79. The smallest absolute Gasteiger partial charge is 0.289 e. The van der Waals surface area contributed by atoms with Gasteiger partial charge < -0.3 is 14.1 Å². The summed E-state index contributed by atoms with van der Waals surface area (Å²) in [7, 11) is 1.93. The van der Waals surface area contributed by atoms with Gasteiger partial charge in [-0.25, -0.2) is 0 Å². The molecule has 0 aliphatic carbocycles. The van der Waals surface area contributed by atoms with Gasteiger partial charge in [0, 0.05) is 38.2 Å². The molecule has 0 aromatic carbocycles. The quantitative estimate of drug-likeness (QED) is 0.861. The van der Waals surface area contributed by atoms with Gasteiger partial charge in [-0.2, -0.15) is 5.10 Å². The van der Waals surface area contributed by atoms with Crippen LogP contribution in [-0.4, -0.2) is 40.3 Å². The molecule has 6 nitrogen and oxygen atoms in total. The molecule has 0 saturated heterocycles. The zero-order chi connectivity index (χ0) is 14.8. The summed E-state index contributed by atoms with van der Waals surface area (Å²) >= 11 is 0. The number of fused-ring (bicyclic) bond motifs is 1. The number of aryl methyl sites for hydroxylation is 1. The van der Waals surface area contributed by atoms with E-state index in [2.05, 4.69) is 5.10 Å². The van der Waals surface area contributed by atoms with E-state index in [1.165, 1.54) is 6.26 Å². The van der Waals surface area contributed by atoms with Crippen LogP contribution in [0.5, 0.6) is 0 Å². The second-order valence-electron chi connectivity index (χ2n) is 5.20. The highest BCUT2D eigenvalue weighted by molar-refractivity contribution is 5.91. The Morgan fingerprint density at radius 2 is 2.43 bits per heavy atom. The van der Waals surface area contributed by atoms with Crippen LogP contribution in [0.4, 0.5) is 0 Å². The number of furan rings is 1. The molecular weight excluding hydrogens is 270 g/mol. The summed E-state index contributed by atoms with van der Waals surface area (Å²) in [5.41, 5.74) is 2.24. The maximum Gasteiger partial charge on any atom is 0.289 e. The molecule has 0 unspecified atom stereocenters. The highest BCUT2D eigenvalue weighted by Crippen LogP contribution is 2.29. The zero-order valence-electron chi connectivity index (χ0n) is 12.3. The number of ether oxygens (including phenoxy) is 1. The third-order valence-corrected chi connectivity index (χ3v) is 3.80. The number of hydrogen-bond donors (Lipinski definition) is 0. The first-order valence-corrected chi connectivity index (χ1v) is 7.12. The van der Waals surface area contributed by atoms with Gasteiger partial charge in [0.15, 0.2) is 5.76 Å². The van der Waals surface area contributed by atoms with E-state index in [9.17, 15) is 4.79 Å². The highest BCUT2D eigenvalue weighted by atomic mass is 16.5. The van der Waals surface area contributed by atoms with Gasteiger partial charge in [0.2, 0.25) is 0 Å². The molecule has 3 heterocycles. The summed E-state index contributed by atoms with van der Waals surface area (Å²) in [6.45, 7) is 4.40. The van der Waals surface area contributed by atoms with Crippen molar-refractivity contribution in [1.82, 2.24) is 14.7 Å². The number of nitrogens with zero attached hydrogens (tertiary/aromatic N) is 3. The summed E-state index contributed by atoms with van der Waals surface area (Å²) in [4.78, 5) is 14.3. The van der Waals surface area contributed by atoms with E-state index >= 15 is 0 Å². The number of amides is 1. The normalized spacial score (nSPS) is 17.8. The number of rotatable bonds is 4. The number of carbonyl (C=O) groups excluding carboxylic acids is 1. The molecule has 1 aliphatic heterocycles. The molecule has 2 aromatic rings. The lowest BCUT2D eigenvalue weighted by Gasteiger charge is -2.32. The van der Waals surface area contributed by atoms with Crippen molar-refractivity contribution in [1.29, 1.82) is 0 Å². The number of hydrogen-bond acceptors (Lipinski definition) is 4. The van der Waals surface area contributed by atoms with Crippen LogP contribution in [0.25, 0.3) is 0 Å². The molecule has 3 rings (SSSR count). The molecule has 1 aliphatic rings. The Morgan fingerprint density at radius 1 is 1.57 bits per heavy atom. The molecule has 1 amide bonds. The third kappa shape index (κ3) is 2.58. The summed E-state index contributed by atoms with van der Waals surface area (Å²) < 4.78 is 12.7. The van der Waals surface area contributed by atoms with E-state index in [-0.39, 0.29) is 11.8 Å². The minimum Gasteiger partial charge on any atom is -0.459 e. The molecule has 0 radical (unpaired) electrons. The van der Waals surface area contributed by atoms with Crippen molar-refractivity contribution in [3.05, 3.63) is 41.6 Å². The van der Waals surface area contributed by atoms with E-state index in [0.29, 0.717) is 32.1 Å². The van der Waals surface area contributed by atoms with Crippen molar-refractivity contribution in [3.63, 3.8) is 0 Å². The van der Waals surface area contributed by atoms with Crippen LogP contribution in [0.2, 0.25) is 0 Å². The third-order valence-electron chi connectivity index (χ3n) is 3.80. The van der Waals surface area contributed by atoms with Crippen molar-refractivity contribution in [3.8, 4) is 0 Å². The Labute approximate surface area is 123 Å². The summed E-state index contributed by atoms with van der Waals surface area (Å²) in [5.74, 6) is 0.425. The largest absolute Gasteiger partial charge is 0.459 e. The van der Waals surface area contributed by atoms with Gasteiger partial charge in [-0.1, -0.05) is 0 Å². The van der Waals surface area contributed by atoms with E-state index in [1.54, 1.807) is 17.0 Å². The van der Waals surface area contributed by atoms with Crippen LogP contribution in [0.15, 0.2) is 29.0 Å². The molecule has 0 N–H and O–H groups in total. The van der Waals surface area contributed by atoms with E-state index < -0.39 is 0 Å². The average Bonchev–Trinajstić information content (AvgIpc) is 3.14. The lowest BCUT2D eigenvalue weighted by Crippen LogP contribution is -2.39. The minimum atomic E-state index is -0.0870. The first kappa shape index (κ1) is 13.9. The molecule has 6 heteroatoms. The number of aromatic nitrogens is 2. The molecule has 0 bridgehead atoms. The molecular formula is C15H19N3O3. The predicted octanol–water partition coefficient (Wildman–Crippen LogP) is 1.79. The van der Waals surface area contributed by atoms with Gasteiger partial charge in [-0.15, -0.1) is 0 Å². The van der Waals surface area contributed by atoms with Gasteiger partial charge in [0.25, 0.3) is 5.91 Å². The maximum absolute atomic E-state index is 12.5. The predicted molar refractivity (Wildman–Crippen MR) is 75.9 cm³/mol. The van der Waals surface area contributed by atoms with Gasteiger partial charge in [0.05, 0.1) is 24.8 Å². The minimum absolute atomic E-state index is 0.0870. The molecule has 21 heavy (non-hydrogen) atoms. The first-order valence-electron chi connectivity index (χ1n) is 7.12. The Hall–Kier alpha value is -2.08. The van der Waals surface area contributed by atoms with Crippen LogP contribution in [0.3, 0.4) is 0 Å². The fourth-order valence-corrected chi connectivity index (χ4v) is 2.87. The zero-order valence-corrected chi connectivity index (χ0v) is 12.3. The van der Waals surface area contributed by atoms with Crippen LogP contribution in [-0.2, 0) is 18.3 Å². The maximum atomic E-state index is 12.5. The van der Waals surface area contributed by atoms with Crippen molar-refractivity contribution in [2.75, 3.05) is 19.8 Å². The lowest BCUT2D eigenvalue weighted by molar-refractivity contribution is 0.0619. The molecule has 0 spiro atoms. The molecule has 2 aromatic heterocycles. The van der Waals surface area contributed by atoms with Crippen molar-refractivity contribution in [2.24, 2.45) is 7.05 Å². The SMILES string of the molecule is CCOC[C@H]1CN(C(=O)c2ccco2)Cc2cnn(C)c21. The molecule has 112 valence electrons. The Balaban J connectivity index is 1.85. The van der Waals surface area contributed by atoms with Crippen molar-refractivity contribution >= 4 is 5.91 Å². The van der Waals surface area contributed by atoms with Crippen LogP contribution >= 0.6 is 0 Å². The topological polar surface area (TPSA) is 60.5 Å². The molecule has 0 saturated carbocycles. The van der Waals surface area contributed by atoms with Crippen molar-refractivity contribution < 1.29 is 13.9 Å². The fraction of sp³-hybridized carbons (Fsp3) is 0.467. The Morgan fingerprint density at radius 3 is 3.14 bits per heavy atom. The van der Waals surface area contributed by atoms with Crippen molar-refractivity contribution in [2.45, 2.75) is 19.4 Å². The average molecular weight is 289 g/mol. The van der Waals surface area contributed by atoms with Crippen LogP contribution < -0.4 is 0 Å².